The molecule has 8 heteroatoms. The lowest BCUT2D eigenvalue weighted by Gasteiger charge is -2.30. The van der Waals surface area contributed by atoms with Crippen LogP contribution in [0.25, 0.3) is 11.3 Å². The summed E-state index contributed by atoms with van der Waals surface area (Å²) in [6.07, 6.45) is 1.21. The molecule has 1 aromatic heterocycles. The first-order chi connectivity index (χ1) is 14.0. The average Bonchev–Trinajstić information content (AvgIpc) is 2.87. The first-order valence-corrected chi connectivity index (χ1v) is 10.3. The number of para-hydroxylation sites is 1. The Balaban J connectivity index is 1.91. The van der Waals surface area contributed by atoms with Crippen molar-refractivity contribution in [1.82, 2.24) is 15.2 Å². The highest BCUT2D eigenvalue weighted by molar-refractivity contribution is 7.98. The molecule has 4 rings (SSSR count). The normalized spacial score (nSPS) is 15.0. The molecule has 0 bridgehead atoms. The second-order valence-electron chi connectivity index (χ2n) is 6.81. The predicted molar refractivity (Wildman–Crippen MR) is 114 cm³/mol. The van der Waals surface area contributed by atoms with Gasteiger partial charge in [0.1, 0.15) is 0 Å². The molecule has 0 radical (unpaired) electrons. The summed E-state index contributed by atoms with van der Waals surface area (Å²) in [6, 6.07) is 15.5. The number of amides is 1. The van der Waals surface area contributed by atoms with Crippen LogP contribution in [0.1, 0.15) is 18.7 Å². The number of hydrogen-bond acceptors (Lipinski definition) is 7. The van der Waals surface area contributed by atoms with Crippen molar-refractivity contribution < 1.29 is 9.53 Å². The molecule has 0 spiro atoms. The molecule has 1 aliphatic heterocycles. The van der Waals surface area contributed by atoms with Gasteiger partial charge in [0.25, 0.3) is 0 Å². The number of ether oxygens (including phenoxy) is 1. The molecule has 0 unspecified atom stereocenters. The predicted octanol–water partition coefficient (Wildman–Crippen LogP) is 3.77. The summed E-state index contributed by atoms with van der Waals surface area (Å²) in [4.78, 5) is 20.9. The molecule has 0 saturated carbocycles. The van der Waals surface area contributed by atoms with Crippen LogP contribution in [0, 0.1) is 0 Å². The number of hydrogen-bond donors (Lipinski definition) is 0. The van der Waals surface area contributed by atoms with E-state index >= 15 is 0 Å². The zero-order valence-electron chi connectivity index (χ0n) is 16.7. The van der Waals surface area contributed by atoms with E-state index in [-0.39, 0.29) is 5.91 Å². The van der Waals surface area contributed by atoms with Crippen molar-refractivity contribution in [1.29, 1.82) is 0 Å². The van der Waals surface area contributed by atoms with Gasteiger partial charge in [0, 0.05) is 37.8 Å². The third-order valence-electron chi connectivity index (χ3n) is 4.73. The highest BCUT2D eigenvalue weighted by Gasteiger charge is 2.34. The van der Waals surface area contributed by atoms with Crippen molar-refractivity contribution in [3.05, 3.63) is 54.1 Å². The molecule has 0 saturated heterocycles. The number of fused-ring (bicyclic) bond motifs is 3. The number of aromatic nitrogens is 3. The van der Waals surface area contributed by atoms with Gasteiger partial charge in [-0.1, -0.05) is 42.1 Å². The van der Waals surface area contributed by atoms with Crippen LogP contribution in [0.2, 0.25) is 0 Å². The highest BCUT2D eigenvalue weighted by atomic mass is 32.2. The van der Waals surface area contributed by atoms with E-state index in [2.05, 4.69) is 15.2 Å². The van der Waals surface area contributed by atoms with E-state index in [4.69, 9.17) is 4.74 Å². The van der Waals surface area contributed by atoms with Gasteiger partial charge in [0.05, 0.1) is 5.69 Å². The van der Waals surface area contributed by atoms with Crippen LogP contribution >= 0.6 is 11.8 Å². The summed E-state index contributed by atoms with van der Waals surface area (Å²) < 4.78 is 6.31. The third kappa shape index (κ3) is 3.51. The lowest BCUT2D eigenvalue weighted by molar-refractivity contribution is -0.118. The van der Waals surface area contributed by atoms with E-state index in [0.717, 1.165) is 16.8 Å². The maximum atomic E-state index is 12.7. The van der Waals surface area contributed by atoms with Crippen LogP contribution in [0.3, 0.4) is 0 Å². The number of nitrogens with zero attached hydrogens (tertiary/aromatic N) is 5. The number of thioether (sulfide) groups is 1. The van der Waals surface area contributed by atoms with Gasteiger partial charge >= 0.3 is 0 Å². The lowest BCUT2D eigenvalue weighted by Crippen LogP contribution is -2.36. The van der Waals surface area contributed by atoms with Crippen LogP contribution < -0.4 is 14.5 Å². The Bertz CT molecular complexity index is 1060. The maximum absolute atomic E-state index is 12.7. The average molecular weight is 407 g/mol. The van der Waals surface area contributed by atoms with Crippen LogP contribution in [0.5, 0.6) is 5.88 Å². The van der Waals surface area contributed by atoms with E-state index in [1.807, 2.05) is 73.8 Å². The highest BCUT2D eigenvalue weighted by Crippen LogP contribution is 2.43. The van der Waals surface area contributed by atoms with Crippen molar-refractivity contribution in [3.8, 4) is 17.1 Å². The molecule has 29 heavy (non-hydrogen) atoms. The van der Waals surface area contributed by atoms with Gasteiger partial charge < -0.3 is 9.64 Å². The summed E-state index contributed by atoms with van der Waals surface area (Å²) in [5.41, 5.74) is 3.91. The number of carbonyl (C=O) groups excluding carboxylic acids is 1. The Morgan fingerprint density at radius 2 is 1.83 bits per heavy atom. The SMILES string of the molecule is CSc1nnc2c(n1)O[C@@H](c1ccc(N(C)C)cc1)N(C(C)=O)c1ccccc1-2. The van der Waals surface area contributed by atoms with Gasteiger partial charge in [0.15, 0.2) is 5.69 Å². The largest absolute Gasteiger partial charge is 0.447 e. The Morgan fingerprint density at radius 1 is 1.10 bits per heavy atom. The second-order valence-corrected chi connectivity index (χ2v) is 7.59. The number of rotatable bonds is 3. The molecule has 2 heterocycles. The monoisotopic (exact) mass is 407 g/mol. The Morgan fingerprint density at radius 3 is 2.48 bits per heavy atom. The van der Waals surface area contributed by atoms with Crippen molar-refractivity contribution in [3.63, 3.8) is 0 Å². The Hall–Kier alpha value is -3.13. The first kappa shape index (κ1) is 19.2. The summed E-state index contributed by atoms with van der Waals surface area (Å²) in [6.45, 7) is 1.53. The summed E-state index contributed by atoms with van der Waals surface area (Å²) in [7, 11) is 3.97. The van der Waals surface area contributed by atoms with Gasteiger partial charge in [0.2, 0.25) is 23.2 Å². The second kappa shape index (κ2) is 7.71. The molecule has 1 atom stereocenters. The maximum Gasteiger partial charge on any atom is 0.247 e. The fourth-order valence-corrected chi connectivity index (χ4v) is 3.59. The van der Waals surface area contributed by atoms with Crippen molar-refractivity contribution in [2.45, 2.75) is 18.3 Å². The van der Waals surface area contributed by atoms with Crippen molar-refractivity contribution in [2.75, 3.05) is 30.2 Å². The van der Waals surface area contributed by atoms with Gasteiger partial charge in [-0.25, -0.2) is 0 Å². The minimum atomic E-state index is -0.669. The van der Waals surface area contributed by atoms with Crippen LogP contribution in [-0.2, 0) is 4.79 Å². The Kier molecular flexibility index (Phi) is 5.10. The smallest absolute Gasteiger partial charge is 0.247 e. The topological polar surface area (TPSA) is 71.5 Å². The van der Waals surface area contributed by atoms with Crippen LogP contribution in [0.4, 0.5) is 11.4 Å². The molecule has 7 nitrogen and oxygen atoms in total. The van der Waals surface area contributed by atoms with Gasteiger partial charge in [-0.15, -0.1) is 10.2 Å². The molecule has 0 aliphatic carbocycles. The zero-order valence-corrected chi connectivity index (χ0v) is 17.5. The molecule has 0 fully saturated rings. The summed E-state index contributed by atoms with van der Waals surface area (Å²) in [5.74, 6) is 0.229. The molecule has 148 valence electrons. The van der Waals surface area contributed by atoms with Crippen molar-refractivity contribution >= 4 is 29.0 Å². The number of carbonyl (C=O) groups is 1. The minimum Gasteiger partial charge on any atom is -0.447 e. The Labute approximate surface area is 173 Å². The number of anilines is 2. The summed E-state index contributed by atoms with van der Waals surface area (Å²) >= 11 is 1.39. The molecule has 3 aromatic rings. The minimum absolute atomic E-state index is 0.134. The van der Waals surface area contributed by atoms with E-state index in [9.17, 15) is 4.79 Å². The molecule has 1 amide bonds. The zero-order chi connectivity index (χ0) is 20.5. The van der Waals surface area contributed by atoms with Gasteiger partial charge in [-0.3, -0.25) is 9.69 Å². The van der Waals surface area contributed by atoms with Crippen LogP contribution in [-0.4, -0.2) is 41.4 Å². The fourth-order valence-electron chi connectivity index (χ4n) is 3.29. The first-order valence-electron chi connectivity index (χ1n) is 9.11. The molecule has 1 aliphatic rings. The van der Waals surface area contributed by atoms with Crippen molar-refractivity contribution in [2.24, 2.45) is 0 Å². The van der Waals surface area contributed by atoms with Gasteiger partial charge in [-0.05, 0) is 24.5 Å². The van der Waals surface area contributed by atoms with Crippen LogP contribution in [0.15, 0.2) is 53.7 Å². The number of benzene rings is 2. The van der Waals surface area contributed by atoms with Gasteiger partial charge in [-0.2, -0.15) is 4.98 Å². The van der Waals surface area contributed by atoms with E-state index < -0.39 is 6.23 Å². The van der Waals surface area contributed by atoms with E-state index in [0.29, 0.717) is 22.4 Å². The lowest BCUT2D eigenvalue weighted by atomic mass is 10.1. The molecule has 2 aromatic carbocycles. The molecular weight excluding hydrogens is 386 g/mol. The standard InChI is InChI=1S/C21H21N5O2S/c1-13(27)26-17-8-6-5-7-16(17)18-19(22-21(29-4)24-23-18)28-20(26)14-9-11-15(12-10-14)25(2)3/h5-12,20H,1-4H3/t20-/m0/s1. The summed E-state index contributed by atoms with van der Waals surface area (Å²) in [5, 5.41) is 9.02. The van der Waals surface area contributed by atoms with E-state index in [1.54, 1.807) is 4.90 Å². The molecule has 0 N–H and O–H groups in total. The third-order valence-corrected chi connectivity index (χ3v) is 5.27. The molecular formula is C21H21N5O2S. The fraction of sp³-hybridized carbons (Fsp3) is 0.238. The quantitative estimate of drug-likeness (QED) is 0.612. The van der Waals surface area contributed by atoms with E-state index in [1.165, 1.54) is 18.7 Å².